The summed E-state index contributed by atoms with van der Waals surface area (Å²) >= 11 is 0. The van der Waals surface area contributed by atoms with Crippen molar-refractivity contribution in [2.45, 2.75) is 13.3 Å². The van der Waals surface area contributed by atoms with Crippen LogP contribution in [0.2, 0.25) is 0 Å². The fourth-order valence-corrected chi connectivity index (χ4v) is 3.45. The van der Waals surface area contributed by atoms with E-state index in [0.717, 1.165) is 16.3 Å². The highest BCUT2D eigenvalue weighted by atomic mass is 16.5. The molecule has 1 N–H and O–H groups in total. The maximum absolute atomic E-state index is 12.7. The van der Waals surface area contributed by atoms with Crippen LogP contribution in [0.5, 0.6) is 5.75 Å². The van der Waals surface area contributed by atoms with Crippen LogP contribution in [0.4, 0.5) is 11.5 Å². The van der Waals surface area contributed by atoms with Crippen molar-refractivity contribution < 1.29 is 14.3 Å². The first kappa shape index (κ1) is 22.0. The van der Waals surface area contributed by atoms with Gasteiger partial charge in [0.05, 0.1) is 6.20 Å². The minimum absolute atomic E-state index is 0.159. The second-order valence-corrected chi connectivity index (χ2v) is 7.85. The van der Waals surface area contributed by atoms with Crippen molar-refractivity contribution in [3.63, 3.8) is 0 Å². The number of esters is 1. The first-order valence-corrected chi connectivity index (χ1v) is 10.5. The lowest BCUT2D eigenvalue weighted by Gasteiger charge is -2.16. The minimum atomic E-state index is -0.421. The Morgan fingerprint density at radius 3 is 2.39 bits per heavy atom. The quantitative estimate of drug-likeness (QED) is 0.446. The Kier molecular flexibility index (Phi) is 6.31. The van der Waals surface area contributed by atoms with Crippen LogP contribution >= 0.6 is 0 Å². The van der Waals surface area contributed by atoms with Crippen LogP contribution in [0, 0.1) is 0 Å². The number of hydrogen-bond donors (Lipinski definition) is 1. The predicted molar refractivity (Wildman–Crippen MR) is 129 cm³/mol. The molecule has 0 aliphatic heterocycles. The van der Waals surface area contributed by atoms with E-state index in [4.69, 9.17) is 4.74 Å². The number of benzene rings is 3. The maximum atomic E-state index is 12.7. The van der Waals surface area contributed by atoms with Gasteiger partial charge in [0.2, 0.25) is 0 Å². The third-order valence-corrected chi connectivity index (χ3v) is 5.05. The lowest BCUT2D eigenvalue weighted by Crippen LogP contribution is -2.16. The Morgan fingerprint density at radius 1 is 0.970 bits per heavy atom. The molecular formula is C26H24N4O3. The van der Waals surface area contributed by atoms with Crippen molar-refractivity contribution in [3.8, 4) is 5.75 Å². The molecule has 166 valence electrons. The Bertz CT molecular complexity index is 1320. The van der Waals surface area contributed by atoms with Gasteiger partial charge in [-0.2, -0.15) is 0 Å². The van der Waals surface area contributed by atoms with Gasteiger partial charge in [0.25, 0.3) is 5.91 Å². The minimum Gasteiger partial charge on any atom is -0.421 e. The molecule has 0 saturated heterocycles. The molecule has 0 radical (unpaired) electrons. The van der Waals surface area contributed by atoms with Crippen LogP contribution in [0.3, 0.4) is 0 Å². The average molecular weight is 441 g/mol. The SMILES string of the molecule is CC(=O)Oc1cnc(Cc2ccc(NC(=O)c3ccc4ccccc4c3)cc2)nc1N(C)C. The second-order valence-electron chi connectivity index (χ2n) is 7.85. The molecule has 4 aromatic rings. The zero-order chi connectivity index (χ0) is 23.4. The van der Waals surface area contributed by atoms with Crippen LogP contribution in [0.1, 0.15) is 28.7 Å². The Hall–Kier alpha value is -4.26. The largest absolute Gasteiger partial charge is 0.421 e. The topological polar surface area (TPSA) is 84.4 Å². The van der Waals surface area contributed by atoms with Crippen molar-refractivity contribution in [2.75, 3.05) is 24.3 Å². The number of nitrogens with zero attached hydrogens (tertiary/aromatic N) is 3. The Labute approximate surface area is 192 Å². The molecule has 1 amide bonds. The normalized spacial score (nSPS) is 10.6. The molecule has 3 aromatic carbocycles. The van der Waals surface area contributed by atoms with Crippen molar-refractivity contribution in [1.29, 1.82) is 0 Å². The van der Waals surface area contributed by atoms with Gasteiger partial charge in [0, 0.05) is 38.7 Å². The fourth-order valence-electron chi connectivity index (χ4n) is 3.45. The van der Waals surface area contributed by atoms with E-state index in [-0.39, 0.29) is 5.91 Å². The van der Waals surface area contributed by atoms with Gasteiger partial charge in [-0.1, -0.05) is 42.5 Å². The molecule has 7 nitrogen and oxygen atoms in total. The summed E-state index contributed by atoms with van der Waals surface area (Å²) in [5.74, 6) is 0.879. The lowest BCUT2D eigenvalue weighted by atomic mass is 10.1. The summed E-state index contributed by atoms with van der Waals surface area (Å²) in [5, 5.41) is 5.06. The molecule has 0 atom stereocenters. The van der Waals surface area contributed by atoms with Gasteiger partial charge in [-0.05, 0) is 40.6 Å². The number of rotatable bonds is 6. The Balaban J connectivity index is 1.45. The molecule has 4 rings (SSSR count). The summed E-state index contributed by atoms with van der Waals surface area (Å²) in [6.45, 7) is 1.34. The summed E-state index contributed by atoms with van der Waals surface area (Å²) in [5.41, 5.74) is 2.30. The van der Waals surface area contributed by atoms with E-state index in [1.54, 1.807) is 4.90 Å². The Morgan fingerprint density at radius 2 is 1.70 bits per heavy atom. The summed E-state index contributed by atoms with van der Waals surface area (Å²) in [4.78, 5) is 34.6. The van der Waals surface area contributed by atoms with E-state index in [9.17, 15) is 9.59 Å². The highest BCUT2D eigenvalue weighted by Gasteiger charge is 2.13. The standard InChI is InChI=1S/C26H24N4O3/c1-17(31)33-23-16-27-24(29-25(23)30(2)3)14-18-8-12-22(13-9-18)28-26(32)21-11-10-19-6-4-5-7-20(19)15-21/h4-13,15-16H,14H2,1-3H3,(H,28,32). The van der Waals surface area contributed by atoms with E-state index in [1.165, 1.54) is 13.1 Å². The van der Waals surface area contributed by atoms with Gasteiger partial charge in [0.15, 0.2) is 11.6 Å². The van der Waals surface area contributed by atoms with Gasteiger partial charge in [0.1, 0.15) is 5.82 Å². The fraction of sp³-hybridized carbons (Fsp3) is 0.154. The van der Waals surface area contributed by atoms with Gasteiger partial charge in [-0.3, -0.25) is 9.59 Å². The first-order valence-electron chi connectivity index (χ1n) is 10.5. The molecule has 0 bridgehead atoms. The highest BCUT2D eigenvalue weighted by Crippen LogP contribution is 2.24. The van der Waals surface area contributed by atoms with Crippen LogP contribution in [-0.4, -0.2) is 35.9 Å². The van der Waals surface area contributed by atoms with Crippen LogP contribution in [0.25, 0.3) is 10.8 Å². The average Bonchev–Trinajstić information content (AvgIpc) is 2.80. The van der Waals surface area contributed by atoms with E-state index < -0.39 is 5.97 Å². The summed E-state index contributed by atoms with van der Waals surface area (Å²) < 4.78 is 5.18. The first-order chi connectivity index (χ1) is 15.9. The van der Waals surface area contributed by atoms with Gasteiger partial charge in [-0.15, -0.1) is 0 Å². The van der Waals surface area contributed by atoms with E-state index in [1.807, 2.05) is 80.8 Å². The number of hydrogen-bond acceptors (Lipinski definition) is 6. The zero-order valence-electron chi connectivity index (χ0n) is 18.7. The number of nitrogens with one attached hydrogen (secondary N) is 1. The third kappa shape index (κ3) is 5.33. The van der Waals surface area contributed by atoms with Crippen molar-refractivity contribution in [2.24, 2.45) is 0 Å². The molecule has 0 fully saturated rings. The maximum Gasteiger partial charge on any atom is 0.308 e. The third-order valence-electron chi connectivity index (χ3n) is 5.05. The summed E-state index contributed by atoms with van der Waals surface area (Å²) in [6.07, 6.45) is 2.01. The molecular weight excluding hydrogens is 416 g/mol. The molecule has 0 aliphatic rings. The summed E-state index contributed by atoms with van der Waals surface area (Å²) in [7, 11) is 3.65. The predicted octanol–water partition coefficient (Wildman–Crippen LogP) is 4.46. The second kappa shape index (κ2) is 9.48. The van der Waals surface area contributed by atoms with Crippen LogP contribution < -0.4 is 15.0 Å². The number of carbonyl (C=O) groups excluding carboxylic acids is 2. The lowest BCUT2D eigenvalue weighted by molar-refractivity contribution is -0.131. The molecule has 1 aromatic heterocycles. The smallest absolute Gasteiger partial charge is 0.308 e. The number of aromatic nitrogens is 2. The van der Waals surface area contributed by atoms with Gasteiger partial charge >= 0.3 is 5.97 Å². The molecule has 0 unspecified atom stereocenters. The molecule has 7 heteroatoms. The van der Waals surface area contributed by atoms with Crippen LogP contribution in [-0.2, 0) is 11.2 Å². The molecule has 33 heavy (non-hydrogen) atoms. The van der Waals surface area contributed by atoms with Gasteiger partial charge < -0.3 is 15.0 Å². The van der Waals surface area contributed by atoms with Crippen LogP contribution in [0.15, 0.2) is 72.9 Å². The highest BCUT2D eigenvalue weighted by molar-refractivity contribution is 6.06. The molecule has 0 spiro atoms. The van der Waals surface area contributed by atoms with E-state index in [0.29, 0.717) is 35.1 Å². The molecule has 0 aliphatic carbocycles. The van der Waals surface area contributed by atoms with Gasteiger partial charge in [-0.25, -0.2) is 9.97 Å². The number of amides is 1. The van der Waals surface area contributed by atoms with Crippen molar-refractivity contribution in [3.05, 3.63) is 89.9 Å². The van der Waals surface area contributed by atoms with Crippen molar-refractivity contribution in [1.82, 2.24) is 9.97 Å². The van der Waals surface area contributed by atoms with Crippen molar-refractivity contribution >= 4 is 34.2 Å². The monoisotopic (exact) mass is 440 g/mol. The van der Waals surface area contributed by atoms with E-state index in [2.05, 4.69) is 15.3 Å². The van der Waals surface area contributed by atoms with E-state index >= 15 is 0 Å². The molecule has 1 heterocycles. The number of anilines is 2. The molecule has 0 saturated carbocycles. The number of fused-ring (bicyclic) bond motifs is 1. The number of carbonyl (C=O) groups is 2. The number of ether oxygens (including phenoxy) is 1. The summed E-state index contributed by atoms with van der Waals surface area (Å²) in [6, 6.07) is 21.2. The zero-order valence-corrected chi connectivity index (χ0v) is 18.7.